The van der Waals surface area contributed by atoms with Crippen molar-refractivity contribution in [3.05, 3.63) is 51.3 Å². The maximum absolute atomic E-state index is 12.6. The van der Waals surface area contributed by atoms with Crippen molar-refractivity contribution >= 4 is 33.3 Å². The Balaban J connectivity index is 1.60. The van der Waals surface area contributed by atoms with Crippen LogP contribution in [0.2, 0.25) is 5.02 Å². The third-order valence-electron chi connectivity index (χ3n) is 5.24. The van der Waals surface area contributed by atoms with Gasteiger partial charge in [0.05, 0.1) is 21.4 Å². The Kier molecular flexibility index (Phi) is 6.00. The number of halogens is 5. The lowest BCUT2D eigenvalue weighted by atomic mass is 10.0. The summed E-state index contributed by atoms with van der Waals surface area (Å²) >= 11 is 9.62. The molecule has 3 aromatic rings. The van der Waals surface area contributed by atoms with E-state index in [4.69, 9.17) is 11.6 Å². The zero-order chi connectivity index (χ0) is 22.3. The van der Waals surface area contributed by atoms with Gasteiger partial charge in [-0.2, -0.15) is 23.4 Å². The number of rotatable bonds is 7. The predicted molar refractivity (Wildman–Crippen MR) is 115 cm³/mol. The van der Waals surface area contributed by atoms with Gasteiger partial charge >= 0.3 is 6.18 Å². The summed E-state index contributed by atoms with van der Waals surface area (Å²) in [6.45, 7) is 0. The second-order valence-electron chi connectivity index (χ2n) is 7.76. The minimum Gasteiger partial charge on any atom is -0.294 e. The summed E-state index contributed by atoms with van der Waals surface area (Å²) in [6.07, 6.45) is 0.622. The van der Waals surface area contributed by atoms with Gasteiger partial charge < -0.3 is 0 Å². The molecule has 0 bridgehead atoms. The number of hydrogen-bond donors (Lipinski definition) is 0. The van der Waals surface area contributed by atoms with E-state index >= 15 is 0 Å². The maximum Gasteiger partial charge on any atom is 0.389 e. The smallest absolute Gasteiger partial charge is 0.294 e. The van der Waals surface area contributed by atoms with Gasteiger partial charge in [0.2, 0.25) is 0 Å². The van der Waals surface area contributed by atoms with Gasteiger partial charge in [-0.3, -0.25) is 4.79 Å². The molecule has 10 heteroatoms. The van der Waals surface area contributed by atoms with Crippen molar-refractivity contribution in [1.29, 1.82) is 0 Å². The van der Waals surface area contributed by atoms with Gasteiger partial charge in [-0.05, 0) is 52.4 Å². The van der Waals surface area contributed by atoms with Crippen LogP contribution in [0.4, 0.5) is 13.2 Å². The Morgan fingerprint density at radius 3 is 2.71 bits per heavy atom. The lowest BCUT2D eigenvalue weighted by molar-refractivity contribution is -0.134. The Hall–Kier alpha value is -2.13. The molecule has 1 aliphatic carbocycles. The molecule has 0 amide bonds. The van der Waals surface area contributed by atoms with Gasteiger partial charge in [-0.25, -0.2) is 9.36 Å². The monoisotopic (exact) mass is 514 g/mol. The zero-order valence-corrected chi connectivity index (χ0v) is 18.9. The minimum absolute atomic E-state index is 0.0328. The van der Waals surface area contributed by atoms with Crippen molar-refractivity contribution < 1.29 is 18.0 Å². The molecular formula is C21H19BrClF3N4O. The largest absolute Gasteiger partial charge is 0.389 e. The number of carbonyl (C=O) groups excluding carboxylic acids is 1. The van der Waals surface area contributed by atoms with Gasteiger partial charge in [0.1, 0.15) is 0 Å². The molecule has 1 fully saturated rings. The van der Waals surface area contributed by atoms with Crippen LogP contribution in [-0.2, 0) is 13.5 Å². The number of Topliss-reactive ketones (excluding diaryl/α,β-unsaturated/α-hetero) is 1. The molecule has 0 atom stereocenters. The van der Waals surface area contributed by atoms with Gasteiger partial charge in [0.15, 0.2) is 11.6 Å². The molecule has 2 aromatic heterocycles. The van der Waals surface area contributed by atoms with E-state index in [0.29, 0.717) is 38.9 Å². The summed E-state index contributed by atoms with van der Waals surface area (Å²) in [6, 6.07) is 5.27. The Bertz CT molecular complexity index is 1130. The molecule has 0 unspecified atom stereocenters. The minimum atomic E-state index is -4.25. The topological polar surface area (TPSA) is 52.7 Å². The highest BCUT2D eigenvalue weighted by atomic mass is 79.9. The molecule has 2 heterocycles. The SMILES string of the molecule is Cn1nc(CCC(F)(F)F)c(Br)c1-n1cc(-c2ccc(Cl)c(C(=O)CC3CC3)c2)cn1. The highest BCUT2D eigenvalue weighted by Crippen LogP contribution is 2.35. The van der Waals surface area contributed by atoms with E-state index in [-0.39, 0.29) is 12.2 Å². The summed E-state index contributed by atoms with van der Waals surface area (Å²) in [4.78, 5) is 12.5. The van der Waals surface area contributed by atoms with Crippen LogP contribution in [0.1, 0.15) is 41.7 Å². The molecule has 31 heavy (non-hydrogen) atoms. The van der Waals surface area contributed by atoms with Crippen molar-refractivity contribution in [2.45, 2.75) is 38.3 Å². The van der Waals surface area contributed by atoms with Gasteiger partial charge in [0, 0.05) is 43.6 Å². The molecule has 0 aliphatic heterocycles. The Labute approximate surface area is 190 Å². The first-order valence-electron chi connectivity index (χ1n) is 9.78. The van der Waals surface area contributed by atoms with Crippen LogP contribution in [0.25, 0.3) is 16.9 Å². The number of ketones is 1. The first-order chi connectivity index (χ1) is 14.6. The second kappa shape index (κ2) is 8.43. The number of hydrogen-bond acceptors (Lipinski definition) is 3. The quantitative estimate of drug-likeness (QED) is 0.354. The highest BCUT2D eigenvalue weighted by molar-refractivity contribution is 9.10. The number of alkyl halides is 3. The van der Waals surface area contributed by atoms with Crippen LogP contribution in [0.5, 0.6) is 0 Å². The van der Waals surface area contributed by atoms with Crippen molar-refractivity contribution in [2.24, 2.45) is 13.0 Å². The molecule has 0 saturated heterocycles. The van der Waals surface area contributed by atoms with Gasteiger partial charge in [-0.1, -0.05) is 17.7 Å². The normalized spacial score (nSPS) is 14.3. The lowest BCUT2D eigenvalue weighted by Gasteiger charge is -2.06. The van der Waals surface area contributed by atoms with Crippen molar-refractivity contribution in [2.75, 3.05) is 0 Å². The second-order valence-corrected chi connectivity index (χ2v) is 8.96. The van der Waals surface area contributed by atoms with E-state index in [1.165, 1.54) is 4.68 Å². The van der Waals surface area contributed by atoms with Crippen LogP contribution < -0.4 is 0 Å². The summed E-state index contributed by atoms with van der Waals surface area (Å²) in [5.41, 5.74) is 2.34. The fourth-order valence-electron chi connectivity index (χ4n) is 3.41. The first-order valence-corrected chi connectivity index (χ1v) is 11.0. The van der Waals surface area contributed by atoms with Crippen molar-refractivity contribution in [1.82, 2.24) is 19.6 Å². The summed E-state index contributed by atoms with van der Waals surface area (Å²) in [5, 5.41) is 8.97. The summed E-state index contributed by atoms with van der Waals surface area (Å²) in [7, 11) is 1.65. The van der Waals surface area contributed by atoms with E-state index in [9.17, 15) is 18.0 Å². The Morgan fingerprint density at radius 1 is 1.29 bits per heavy atom. The molecule has 0 radical (unpaired) electrons. The molecule has 4 rings (SSSR count). The van der Waals surface area contributed by atoms with Crippen LogP contribution in [0.3, 0.4) is 0 Å². The summed E-state index contributed by atoms with van der Waals surface area (Å²) in [5.74, 6) is 1.01. The fourth-order valence-corrected chi connectivity index (χ4v) is 4.35. The standard InChI is InChI=1S/C21H19BrClF3N4O/c1-29-20(19(22)17(28-29)6-7-21(24,25)26)30-11-14(10-27-30)13-4-5-16(23)15(9-13)18(31)8-12-2-3-12/h4-5,9-12H,2-3,6-8H2,1H3. The average molecular weight is 516 g/mol. The molecule has 1 aromatic carbocycles. The number of carbonyl (C=O) groups is 1. The maximum atomic E-state index is 12.6. The van der Waals surface area contributed by atoms with Crippen molar-refractivity contribution in [3.63, 3.8) is 0 Å². The van der Waals surface area contributed by atoms with Crippen molar-refractivity contribution in [3.8, 4) is 16.9 Å². The van der Waals surface area contributed by atoms with Crippen LogP contribution in [0.15, 0.2) is 35.1 Å². The number of nitrogens with zero attached hydrogens (tertiary/aromatic N) is 4. The average Bonchev–Trinajstić information content (AvgIpc) is 3.29. The molecule has 1 saturated carbocycles. The molecule has 5 nitrogen and oxygen atoms in total. The highest BCUT2D eigenvalue weighted by Gasteiger charge is 2.29. The Morgan fingerprint density at radius 2 is 2.03 bits per heavy atom. The van der Waals surface area contributed by atoms with Crippen LogP contribution in [-0.4, -0.2) is 31.5 Å². The number of aryl methyl sites for hydroxylation is 2. The van der Waals surface area contributed by atoms with E-state index in [1.54, 1.807) is 36.3 Å². The van der Waals surface area contributed by atoms with Gasteiger partial charge in [0.25, 0.3) is 0 Å². The molecule has 1 aliphatic rings. The third kappa shape index (κ3) is 5.03. The van der Waals surface area contributed by atoms with E-state index in [2.05, 4.69) is 26.1 Å². The number of aromatic nitrogens is 4. The zero-order valence-electron chi connectivity index (χ0n) is 16.6. The van der Waals surface area contributed by atoms with E-state index in [1.807, 2.05) is 6.07 Å². The number of benzene rings is 1. The van der Waals surface area contributed by atoms with Crippen LogP contribution in [0, 0.1) is 5.92 Å². The molecule has 164 valence electrons. The van der Waals surface area contributed by atoms with E-state index < -0.39 is 12.6 Å². The molecular weight excluding hydrogens is 497 g/mol. The van der Waals surface area contributed by atoms with Crippen LogP contribution >= 0.6 is 27.5 Å². The first kappa shape index (κ1) is 22.1. The predicted octanol–water partition coefficient (Wildman–Crippen LogP) is 6.17. The molecule has 0 spiro atoms. The summed E-state index contributed by atoms with van der Waals surface area (Å²) < 4.78 is 41.2. The molecule has 0 N–H and O–H groups in total. The fraction of sp³-hybridized carbons (Fsp3) is 0.381. The third-order valence-corrected chi connectivity index (χ3v) is 6.38. The van der Waals surface area contributed by atoms with Gasteiger partial charge in [-0.15, -0.1) is 0 Å². The lowest BCUT2D eigenvalue weighted by Crippen LogP contribution is -2.09. The van der Waals surface area contributed by atoms with E-state index in [0.717, 1.165) is 24.0 Å².